The molecule has 2 rings (SSSR count). The van der Waals surface area contributed by atoms with E-state index in [1.807, 2.05) is 19.1 Å². The first-order valence-corrected chi connectivity index (χ1v) is 9.15. The number of hydrogen-bond donors (Lipinski definition) is 2. The van der Waals surface area contributed by atoms with Crippen LogP contribution < -0.4 is 10.6 Å². The molecule has 0 amide bonds. The molecule has 2 N–H and O–H groups in total. The number of aryl methyl sites for hydroxylation is 1. The van der Waals surface area contributed by atoms with Crippen molar-refractivity contribution in [3.8, 4) is 0 Å². The van der Waals surface area contributed by atoms with Crippen LogP contribution in [0.3, 0.4) is 0 Å². The number of ether oxygens (including phenoxy) is 1. The summed E-state index contributed by atoms with van der Waals surface area (Å²) in [6.45, 7) is 8.64. The molecule has 0 radical (unpaired) electrons. The van der Waals surface area contributed by atoms with Crippen molar-refractivity contribution in [3.63, 3.8) is 0 Å². The van der Waals surface area contributed by atoms with Crippen LogP contribution in [0.2, 0.25) is 0 Å². The van der Waals surface area contributed by atoms with Gasteiger partial charge in [0.2, 0.25) is 0 Å². The van der Waals surface area contributed by atoms with Crippen LogP contribution in [0.25, 0.3) is 0 Å². The molecule has 0 unspecified atom stereocenters. The molecule has 0 spiro atoms. The lowest BCUT2D eigenvalue weighted by Gasteiger charge is -2.36. The number of thiocarbonyl (C=S) groups is 1. The first-order valence-electron chi connectivity index (χ1n) is 8.75. The highest BCUT2D eigenvalue weighted by Crippen LogP contribution is 2.36. The SMILES string of the molecule is CCOC(=O)c1ccc(NC(=S)NC2(C(C)C)CCCC2)c(C)c1. The zero-order valence-electron chi connectivity index (χ0n) is 15.1. The molecule has 0 aliphatic heterocycles. The number of carbonyl (C=O) groups excluding carboxylic acids is 1. The Kier molecular flexibility index (Phi) is 6.21. The summed E-state index contributed by atoms with van der Waals surface area (Å²) < 4.78 is 5.03. The van der Waals surface area contributed by atoms with Gasteiger partial charge in [0.25, 0.3) is 0 Å². The summed E-state index contributed by atoms with van der Waals surface area (Å²) in [5.41, 5.74) is 2.54. The van der Waals surface area contributed by atoms with E-state index in [-0.39, 0.29) is 11.5 Å². The molecular weight excluding hydrogens is 320 g/mol. The average Bonchev–Trinajstić information content (AvgIpc) is 2.99. The van der Waals surface area contributed by atoms with Crippen LogP contribution in [0, 0.1) is 12.8 Å². The molecule has 0 heterocycles. The Hall–Kier alpha value is -1.62. The number of nitrogens with one attached hydrogen (secondary N) is 2. The summed E-state index contributed by atoms with van der Waals surface area (Å²) in [4.78, 5) is 11.8. The predicted octanol–water partition coefficient (Wildman–Crippen LogP) is 4.43. The fourth-order valence-electron chi connectivity index (χ4n) is 3.38. The van der Waals surface area contributed by atoms with Gasteiger partial charge < -0.3 is 15.4 Å². The molecule has 1 aromatic carbocycles. The van der Waals surface area contributed by atoms with Gasteiger partial charge in [-0.05, 0) is 68.6 Å². The fourth-order valence-corrected chi connectivity index (χ4v) is 3.69. The Morgan fingerprint density at radius 1 is 1.33 bits per heavy atom. The maximum atomic E-state index is 11.8. The van der Waals surface area contributed by atoms with E-state index in [4.69, 9.17) is 17.0 Å². The maximum Gasteiger partial charge on any atom is 0.338 e. The second kappa shape index (κ2) is 7.97. The summed E-state index contributed by atoms with van der Waals surface area (Å²) in [6, 6.07) is 5.48. The lowest BCUT2D eigenvalue weighted by atomic mass is 9.85. The number of carbonyl (C=O) groups is 1. The molecule has 1 aromatic rings. The van der Waals surface area contributed by atoms with Crippen molar-refractivity contribution in [2.24, 2.45) is 5.92 Å². The predicted molar refractivity (Wildman–Crippen MR) is 103 cm³/mol. The van der Waals surface area contributed by atoms with Crippen LogP contribution in [-0.4, -0.2) is 23.2 Å². The zero-order valence-corrected chi connectivity index (χ0v) is 15.9. The number of esters is 1. The van der Waals surface area contributed by atoms with E-state index in [0.29, 0.717) is 23.2 Å². The first kappa shape index (κ1) is 18.7. The summed E-state index contributed by atoms with van der Waals surface area (Å²) >= 11 is 5.54. The van der Waals surface area contributed by atoms with Gasteiger partial charge in [0.15, 0.2) is 5.11 Å². The highest BCUT2D eigenvalue weighted by molar-refractivity contribution is 7.80. The molecular formula is C19H28N2O2S. The minimum Gasteiger partial charge on any atom is -0.462 e. The van der Waals surface area contributed by atoms with Crippen LogP contribution in [-0.2, 0) is 4.74 Å². The third kappa shape index (κ3) is 4.26. The van der Waals surface area contributed by atoms with E-state index in [2.05, 4.69) is 24.5 Å². The van der Waals surface area contributed by atoms with Gasteiger partial charge in [-0.3, -0.25) is 0 Å². The highest BCUT2D eigenvalue weighted by Gasteiger charge is 2.37. The van der Waals surface area contributed by atoms with Crippen molar-refractivity contribution in [1.29, 1.82) is 0 Å². The van der Waals surface area contributed by atoms with E-state index in [9.17, 15) is 4.79 Å². The maximum absolute atomic E-state index is 11.8. The summed E-state index contributed by atoms with van der Waals surface area (Å²) in [6.07, 6.45) is 4.82. The molecule has 0 aromatic heterocycles. The Labute approximate surface area is 150 Å². The van der Waals surface area contributed by atoms with Gasteiger partial charge in [0.1, 0.15) is 0 Å². The molecule has 1 saturated carbocycles. The largest absolute Gasteiger partial charge is 0.462 e. The van der Waals surface area contributed by atoms with E-state index in [0.717, 1.165) is 24.1 Å². The Morgan fingerprint density at radius 3 is 2.54 bits per heavy atom. The molecule has 1 aliphatic rings. The van der Waals surface area contributed by atoms with Gasteiger partial charge >= 0.3 is 5.97 Å². The third-order valence-electron chi connectivity index (χ3n) is 4.95. The summed E-state index contributed by atoms with van der Waals surface area (Å²) in [5.74, 6) is 0.240. The molecule has 0 bridgehead atoms. The fraction of sp³-hybridized carbons (Fsp3) is 0.579. The van der Waals surface area contributed by atoms with Gasteiger partial charge in [-0.1, -0.05) is 26.7 Å². The monoisotopic (exact) mass is 348 g/mol. The van der Waals surface area contributed by atoms with E-state index < -0.39 is 0 Å². The lowest BCUT2D eigenvalue weighted by molar-refractivity contribution is 0.0526. The molecule has 5 heteroatoms. The summed E-state index contributed by atoms with van der Waals surface area (Å²) in [7, 11) is 0. The number of anilines is 1. The average molecular weight is 349 g/mol. The number of benzene rings is 1. The minimum atomic E-state index is -0.294. The van der Waals surface area contributed by atoms with E-state index >= 15 is 0 Å². The normalized spacial score (nSPS) is 16.0. The van der Waals surface area contributed by atoms with Crippen LogP contribution in [0.5, 0.6) is 0 Å². The van der Waals surface area contributed by atoms with Crippen molar-refractivity contribution >= 4 is 29.0 Å². The van der Waals surface area contributed by atoms with Gasteiger partial charge in [-0.25, -0.2) is 4.79 Å². The molecule has 24 heavy (non-hydrogen) atoms. The Bertz CT molecular complexity index is 607. The van der Waals surface area contributed by atoms with Crippen LogP contribution in [0.15, 0.2) is 18.2 Å². The van der Waals surface area contributed by atoms with E-state index in [1.54, 1.807) is 13.0 Å². The van der Waals surface area contributed by atoms with Crippen LogP contribution in [0.1, 0.15) is 62.4 Å². The highest BCUT2D eigenvalue weighted by atomic mass is 32.1. The second-order valence-corrected chi connectivity index (χ2v) is 7.26. The van der Waals surface area contributed by atoms with Gasteiger partial charge in [-0.15, -0.1) is 0 Å². The zero-order chi connectivity index (χ0) is 17.7. The first-order chi connectivity index (χ1) is 11.4. The van der Waals surface area contributed by atoms with Gasteiger partial charge in [-0.2, -0.15) is 0 Å². The third-order valence-corrected chi connectivity index (χ3v) is 5.15. The van der Waals surface area contributed by atoms with Crippen molar-refractivity contribution in [3.05, 3.63) is 29.3 Å². The Balaban J connectivity index is 2.05. The van der Waals surface area contributed by atoms with Crippen molar-refractivity contribution < 1.29 is 9.53 Å². The van der Waals surface area contributed by atoms with Crippen molar-refractivity contribution in [2.75, 3.05) is 11.9 Å². The number of rotatable bonds is 5. The van der Waals surface area contributed by atoms with Gasteiger partial charge in [0, 0.05) is 11.2 Å². The molecule has 0 atom stereocenters. The minimum absolute atomic E-state index is 0.100. The number of hydrogen-bond acceptors (Lipinski definition) is 3. The standard InChI is InChI=1S/C19H28N2O2S/c1-5-23-17(22)15-8-9-16(14(4)12-15)20-18(24)21-19(13(2)3)10-6-7-11-19/h8-9,12-13H,5-7,10-11H2,1-4H3,(H2,20,21,24). The summed E-state index contributed by atoms with van der Waals surface area (Å²) in [5, 5.41) is 7.49. The smallest absolute Gasteiger partial charge is 0.338 e. The molecule has 1 aliphatic carbocycles. The molecule has 4 nitrogen and oxygen atoms in total. The topological polar surface area (TPSA) is 50.4 Å². The van der Waals surface area contributed by atoms with Crippen LogP contribution in [0.4, 0.5) is 5.69 Å². The molecule has 132 valence electrons. The van der Waals surface area contributed by atoms with E-state index in [1.165, 1.54) is 12.8 Å². The quantitative estimate of drug-likeness (QED) is 0.609. The molecule has 1 fully saturated rings. The Morgan fingerprint density at radius 2 is 2.00 bits per heavy atom. The van der Waals surface area contributed by atoms with Crippen molar-refractivity contribution in [1.82, 2.24) is 5.32 Å². The van der Waals surface area contributed by atoms with Crippen LogP contribution >= 0.6 is 12.2 Å². The van der Waals surface area contributed by atoms with Gasteiger partial charge in [0.05, 0.1) is 12.2 Å². The second-order valence-electron chi connectivity index (χ2n) is 6.85. The van der Waals surface area contributed by atoms with Crippen molar-refractivity contribution in [2.45, 2.75) is 58.9 Å². The molecule has 0 saturated heterocycles. The lowest BCUT2D eigenvalue weighted by Crippen LogP contribution is -2.51.